The smallest absolute Gasteiger partial charge is 0.319 e. The van der Waals surface area contributed by atoms with Crippen molar-refractivity contribution in [3.63, 3.8) is 0 Å². The zero-order chi connectivity index (χ0) is 25.9. The van der Waals surface area contributed by atoms with Crippen LogP contribution in [0.1, 0.15) is 27.2 Å². The molecule has 2 aromatic carbocycles. The molecule has 9 nitrogen and oxygen atoms in total. The van der Waals surface area contributed by atoms with Crippen LogP contribution >= 0.6 is 0 Å². The molecule has 1 aromatic heterocycles. The van der Waals surface area contributed by atoms with Crippen LogP contribution in [-0.2, 0) is 0 Å². The number of hydrogen-bond donors (Lipinski definition) is 4. The number of aliphatic hydroxyl groups is 1. The number of ether oxygens (including phenoxy) is 3. The number of carbonyl (C=O) groups excluding carboxylic acids is 1. The molecule has 36 heavy (non-hydrogen) atoms. The fourth-order valence-electron chi connectivity index (χ4n) is 3.40. The molecular formula is C27H36N4O5. The summed E-state index contributed by atoms with van der Waals surface area (Å²) in [5.41, 5.74) is 1.38. The van der Waals surface area contributed by atoms with Crippen LogP contribution in [0.3, 0.4) is 0 Å². The van der Waals surface area contributed by atoms with E-state index in [1.54, 1.807) is 43.6 Å². The number of fused-ring (bicyclic) bond motifs is 1. The van der Waals surface area contributed by atoms with Crippen molar-refractivity contribution in [2.75, 3.05) is 38.7 Å². The Morgan fingerprint density at radius 1 is 1.03 bits per heavy atom. The zero-order valence-corrected chi connectivity index (χ0v) is 21.3. The minimum Gasteiger partial charge on any atom is -0.493 e. The SMILES string of the molecule is COc1cc2c(Oc3ccc(NC(=O)NCCC(C)C)cc3)ccnc2cc1OCCNC(C)CO. The zero-order valence-electron chi connectivity index (χ0n) is 21.3. The third-order valence-electron chi connectivity index (χ3n) is 5.46. The lowest BCUT2D eigenvalue weighted by atomic mass is 10.1. The number of nitrogens with one attached hydrogen (secondary N) is 3. The van der Waals surface area contributed by atoms with Crippen molar-refractivity contribution in [1.82, 2.24) is 15.6 Å². The molecule has 9 heteroatoms. The molecule has 194 valence electrons. The van der Waals surface area contributed by atoms with E-state index in [4.69, 9.17) is 19.3 Å². The summed E-state index contributed by atoms with van der Waals surface area (Å²) in [6, 6.07) is 12.4. The molecule has 0 aliphatic carbocycles. The van der Waals surface area contributed by atoms with E-state index in [0.717, 1.165) is 11.8 Å². The highest BCUT2D eigenvalue weighted by Gasteiger charge is 2.13. The normalized spacial score (nSPS) is 11.8. The lowest BCUT2D eigenvalue weighted by Crippen LogP contribution is -2.32. The first-order valence-electron chi connectivity index (χ1n) is 12.2. The monoisotopic (exact) mass is 496 g/mol. The Morgan fingerprint density at radius 2 is 1.81 bits per heavy atom. The number of amides is 2. The molecule has 0 bridgehead atoms. The van der Waals surface area contributed by atoms with Crippen LogP contribution < -0.4 is 30.2 Å². The third kappa shape index (κ3) is 8.00. The summed E-state index contributed by atoms with van der Waals surface area (Å²) in [4.78, 5) is 16.5. The highest BCUT2D eigenvalue weighted by atomic mass is 16.5. The summed E-state index contributed by atoms with van der Waals surface area (Å²) in [7, 11) is 1.59. The number of aromatic nitrogens is 1. The molecule has 0 saturated heterocycles. The summed E-state index contributed by atoms with van der Waals surface area (Å²) < 4.78 is 17.5. The van der Waals surface area contributed by atoms with Gasteiger partial charge in [0, 0.05) is 42.5 Å². The van der Waals surface area contributed by atoms with E-state index in [1.807, 2.05) is 19.1 Å². The van der Waals surface area contributed by atoms with Crippen LogP contribution in [0, 0.1) is 5.92 Å². The molecular weight excluding hydrogens is 460 g/mol. The van der Waals surface area contributed by atoms with E-state index in [2.05, 4.69) is 34.8 Å². The molecule has 0 aliphatic rings. The minimum atomic E-state index is -0.228. The lowest BCUT2D eigenvalue weighted by molar-refractivity contribution is 0.237. The molecule has 2 amide bonds. The Kier molecular flexibility index (Phi) is 10.1. The molecule has 4 N–H and O–H groups in total. The highest BCUT2D eigenvalue weighted by Crippen LogP contribution is 2.37. The molecule has 1 unspecified atom stereocenters. The van der Waals surface area contributed by atoms with Crippen LogP contribution in [0.15, 0.2) is 48.7 Å². The quantitative estimate of drug-likeness (QED) is 0.257. The van der Waals surface area contributed by atoms with Gasteiger partial charge in [-0.3, -0.25) is 4.98 Å². The number of anilines is 1. The van der Waals surface area contributed by atoms with Gasteiger partial charge >= 0.3 is 6.03 Å². The maximum Gasteiger partial charge on any atom is 0.319 e. The average Bonchev–Trinajstić information content (AvgIpc) is 2.87. The number of pyridine rings is 1. The van der Waals surface area contributed by atoms with E-state index in [9.17, 15) is 4.79 Å². The Labute approximate surface area is 212 Å². The van der Waals surface area contributed by atoms with Crippen LogP contribution in [-0.4, -0.2) is 55.6 Å². The van der Waals surface area contributed by atoms with Gasteiger partial charge in [0.15, 0.2) is 11.5 Å². The van der Waals surface area contributed by atoms with E-state index >= 15 is 0 Å². The number of hydrogen-bond acceptors (Lipinski definition) is 7. The number of urea groups is 1. The fourth-order valence-corrected chi connectivity index (χ4v) is 3.40. The summed E-state index contributed by atoms with van der Waals surface area (Å²) in [5, 5.41) is 18.7. The van der Waals surface area contributed by atoms with Crippen LogP contribution in [0.2, 0.25) is 0 Å². The first-order chi connectivity index (χ1) is 17.4. The van der Waals surface area contributed by atoms with Gasteiger partial charge in [0.1, 0.15) is 18.1 Å². The van der Waals surface area contributed by atoms with Crippen molar-refractivity contribution in [1.29, 1.82) is 0 Å². The van der Waals surface area contributed by atoms with Crippen molar-refractivity contribution in [2.24, 2.45) is 5.92 Å². The maximum atomic E-state index is 12.0. The van der Waals surface area contributed by atoms with E-state index in [1.165, 1.54) is 0 Å². The minimum absolute atomic E-state index is 0.00481. The molecule has 0 radical (unpaired) electrons. The standard InChI is InChI=1S/C27H36N4O5/c1-18(2)9-11-30-27(33)31-20-5-7-21(8-6-20)36-24-10-12-29-23-16-26(25(34-4)15-22(23)24)35-14-13-28-19(3)17-32/h5-8,10,12,15-16,18-19,28,32H,9,11,13-14,17H2,1-4H3,(H2,30,31,33). The molecule has 0 aliphatic heterocycles. The van der Waals surface area contributed by atoms with E-state index in [0.29, 0.717) is 59.8 Å². The van der Waals surface area contributed by atoms with Gasteiger partial charge in [-0.2, -0.15) is 0 Å². The predicted molar refractivity (Wildman–Crippen MR) is 141 cm³/mol. The Balaban J connectivity index is 1.66. The molecule has 0 saturated carbocycles. The van der Waals surface area contributed by atoms with Gasteiger partial charge in [-0.25, -0.2) is 4.79 Å². The summed E-state index contributed by atoms with van der Waals surface area (Å²) in [6.45, 7) is 7.84. The van der Waals surface area contributed by atoms with Gasteiger partial charge in [-0.15, -0.1) is 0 Å². The Morgan fingerprint density at radius 3 is 2.50 bits per heavy atom. The molecule has 1 atom stereocenters. The summed E-state index contributed by atoms with van der Waals surface area (Å²) in [5.74, 6) is 2.93. The largest absolute Gasteiger partial charge is 0.493 e. The van der Waals surface area contributed by atoms with Gasteiger partial charge in [-0.05, 0) is 55.7 Å². The first-order valence-corrected chi connectivity index (χ1v) is 12.2. The van der Waals surface area contributed by atoms with Crippen molar-refractivity contribution in [2.45, 2.75) is 33.2 Å². The van der Waals surface area contributed by atoms with E-state index in [-0.39, 0.29) is 18.7 Å². The average molecular weight is 497 g/mol. The van der Waals surface area contributed by atoms with Gasteiger partial charge in [0.25, 0.3) is 0 Å². The Hall–Kier alpha value is -3.56. The number of nitrogens with zero attached hydrogens (tertiary/aromatic N) is 1. The van der Waals surface area contributed by atoms with Crippen LogP contribution in [0.4, 0.5) is 10.5 Å². The number of benzene rings is 2. The van der Waals surface area contributed by atoms with Crippen molar-refractivity contribution in [3.05, 3.63) is 48.7 Å². The molecule has 1 heterocycles. The third-order valence-corrected chi connectivity index (χ3v) is 5.46. The second-order valence-electron chi connectivity index (χ2n) is 8.91. The highest BCUT2D eigenvalue weighted by molar-refractivity contribution is 5.89. The van der Waals surface area contributed by atoms with Gasteiger partial charge < -0.3 is 35.3 Å². The number of carbonyl (C=O) groups is 1. The lowest BCUT2D eigenvalue weighted by Gasteiger charge is -2.15. The molecule has 3 aromatic rings. The molecule has 0 fully saturated rings. The van der Waals surface area contributed by atoms with Crippen molar-refractivity contribution < 1.29 is 24.1 Å². The predicted octanol–water partition coefficient (Wildman–Crippen LogP) is 4.55. The van der Waals surface area contributed by atoms with Crippen molar-refractivity contribution in [3.8, 4) is 23.0 Å². The van der Waals surface area contributed by atoms with Crippen LogP contribution in [0.25, 0.3) is 10.9 Å². The number of aliphatic hydroxyl groups excluding tert-OH is 1. The Bertz CT molecular complexity index is 1120. The fraction of sp³-hybridized carbons (Fsp3) is 0.407. The molecule has 0 spiro atoms. The van der Waals surface area contributed by atoms with Crippen molar-refractivity contribution >= 4 is 22.6 Å². The second-order valence-corrected chi connectivity index (χ2v) is 8.91. The first kappa shape index (κ1) is 27.0. The van der Waals surface area contributed by atoms with E-state index < -0.39 is 0 Å². The van der Waals surface area contributed by atoms with Gasteiger partial charge in [0.05, 0.1) is 19.2 Å². The summed E-state index contributed by atoms with van der Waals surface area (Å²) >= 11 is 0. The number of rotatable bonds is 13. The molecule has 3 rings (SSSR count). The number of methoxy groups -OCH3 is 1. The maximum absolute atomic E-state index is 12.0. The van der Waals surface area contributed by atoms with Crippen LogP contribution in [0.5, 0.6) is 23.0 Å². The second kappa shape index (κ2) is 13.5. The summed E-state index contributed by atoms with van der Waals surface area (Å²) in [6.07, 6.45) is 2.61. The topological polar surface area (TPSA) is 114 Å². The van der Waals surface area contributed by atoms with Gasteiger partial charge in [0.2, 0.25) is 0 Å². The van der Waals surface area contributed by atoms with Gasteiger partial charge in [-0.1, -0.05) is 13.8 Å².